The van der Waals surface area contributed by atoms with Crippen LogP contribution in [-0.2, 0) is 11.3 Å². The summed E-state index contributed by atoms with van der Waals surface area (Å²) in [5.74, 6) is 0. The van der Waals surface area contributed by atoms with E-state index in [-0.39, 0.29) is 6.61 Å². The van der Waals surface area contributed by atoms with Gasteiger partial charge in [0.1, 0.15) is 6.61 Å². The number of carbonyl (C=O) groups excluding carboxylic acids is 1. The molecule has 0 aliphatic rings. The Kier molecular flexibility index (Phi) is 4.74. The number of hydrogen-bond donors (Lipinski definition) is 2. The Bertz CT molecular complexity index is 806. The number of H-pyrrole nitrogens is 1. The first-order valence-electron chi connectivity index (χ1n) is 7.50. The lowest BCUT2D eigenvalue weighted by atomic mass is 10.1. The van der Waals surface area contributed by atoms with E-state index in [0.29, 0.717) is 6.54 Å². The Balaban J connectivity index is 1.46. The van der Waals surface area contributed by atoms with Gasteiger partial charge in [-0.05, 0) is 17.2 Å². The van der Waals surface area contributed by atoms with Gasteiger partial charge >= 0.3 is 6.09 Å². The number of alkyl carbamates (subject to hydrolysis) is 1. The molecule has 3 rings (SSSR count). The van der Waals surface area contributed by atoms with E-state index in [2.05, 4.69) is 16.4 Å². The zero-order valence-electron chi connectivity index (χ0n) is 12.7. The van der Waals surface area contributed by atoms with Gasteiger partial charge in [-0.3, -0.25) is 0 Å². The van der Waals surface area contributed by atoms with Gasteiger partial charge in [-0.25, -0.2) is 4.79 Å². The molecule has 0 fully saturated rings. The normalized spacial score (nSPS) is 11.0. The molecule has 2 aromatic carbocycles. The van der Waals surface area contributed by atoms with E-state index in [1.807, 2.05) is 66.9 Å². The molecule has 3 aromatic rings. The number of nitrogens with one attached hydrogen (secondary N) is 2. The summed E-state index contributed by atoms with van der Waals surface area (Å²) in [4.78, 5) is 14.8. The summed E-state index contributed by atoms with van der Waals surface area (Å²) in [6, 6.07) is 17.7. The number of amides is 1. The Morgan fingerprint density at radius 3 is 2.74 bits per heavy atom. The van der Waals surface area contributed by atoms with Crippen LogP contribution in [0.3, 0.4) is 0 Å². The molecule has 0 saturated carbocycles. The number of para-hydroxylation sites is 1. The number of rotatable bonds is 5. The van der Waals surface area contributed by atoms with Crippen molar-refractivity contribution in [1.29, 1.82) is 0 Å². The van der Waals surface area contributed by atoms with Crippen molar-refractivity contribution in [1.82, 2.24) is 10.3 Å². The van der Waals surface area contributed by atoms with Crippen LogP contribution in [0.25, 0.3) is 17.0 Å². The third-order valence-electron chi connectivity index (χ3n) is 3.50. The Morgan fingerprint density at radius 2 is 1.87 bits per heavy atom. The fourth-order valence-electron chi connectivity index (χ4n) is 2.33. The highest BCUT2D eigenvalue weighted by Gasteiger charge is 2.01. The molecule has 0 unspecified atom stereocenters. The van der Waals surface area contributed by atoms with E-state index < -0.39 is 6.09 Å². The lowest BCUT2D eigenvalue weighted by Gasteiger charge is -2.05. The van der Waals surface area contributed by atoms with Crippen LogP contribution < -0.4 is 5.32 Å². The topological polar surface area (TPSA) is 54.1 Å². The van der Waals surface area contributed by atoms with Crippen LogP contribution in [0.1, 0.15) is 11.1 Å². The van der Waals surface area contributed by atoms with Crippen LogP contribution >= 0.6 is 0 Å². The number of hydrogen-bond acceptors (Lipinski definition) is 2. The molecule has 0 atom stereocenters. The molecule has 0 aliphatic heterocycles. The van der Waals surface area contributed by atoms with Gasteiger partial charge in [-0.2, -0.15) is 0 Å². The second-order valence-electron chi connectivity index (χ2n) is 5.13. The highest BCUT2D eigenvalue weighted by Crippen LogP contribution is 2.18. The molecule has 116 valence electrons. The summed E-state index contributed by atoms with van der Waals surface area (Å²) in [6.45, 7) is 0.700. The first-order chi connectivity index (χ1) is 11.3. The molecular formula is C19H18N2O2. The van der Waals surface area contributed by atoms with Crippen molar-refractivity contribution in [3.8, 4) is 0 Å². The number of aromatic amines is 1. The first kappa shape index (κ1) is 14.9. The zero-order chi connectivity index (χ0) is 15.9. The van der Waals surface area contributed by atoms with E-state index in [0.717, 1.165) is 22.0 Å². The van der Waals surface area contributed by atoms with Gasteiger partial charge in [0.2, 0.25) is 0 Å². The van der Waals surface area contributed by atoms with Gasteiger partial charge in [-0.15, -0.1) is 0 Å². The first-order valence-corrected chi connectivity index (χ1v) is 7.50. The number of carbonyl (C=O) groups is 1. The minimum atomic E-state index is -0.419. The predicted molar refractivity (Wildman–Crippen MR) is 92.0 cm³/mol. The van der Waals surface area contributed by atoms with Crippen LogP contribution in [0.5, 0.6) is 0 Å². The van der Waals surface area contributed by atoms with E-state index in [1.165, 1.54) is 0 Å². The van der Waals surface area contributed by atoms with E-state index in [9.17, 15) is 4.79 Å². The van der Waals surface area contributed by atoms with Crippen molar-refractivity contribution in [3.63, 3.8) is 0 Å². The predicted octanol–water partition coefficient (Wildman–Crippen LogP) is 4.11. The molecule has 0 spiro atoms. The lowest BCUT2D eigenvalue weighted by Crippen LogP contribution is -2.24. The number of aromatic nitrogens is 1. The van der Waals surface area contributed by atoms with Crippen LogP contribution in [0.2, 0.25) is 0 Å². The minimum absolute atomic E-state index is 0.277. The van der Waals surface area contributed by atoms with Crippen LogP contribution in [-0.4, -0.2) is 17.6 Å². The highest BCUT2D eigenvalue weighted by molar-refractivity contribution is 5.88. The van der Waals surface area contributed by atoms with Gasteiger partial charge < -0.3 is 15.0 Å². The summed E-state index contributed by atoms with van der Waals surface area (Å²) >= 11 is 0. The van der Waals surface area contributed by atoms with Crippen LogP contribution in [0, 0.1) is 0 Å². The molecule has 2 N–H and O–H groups in total. The summed E-state index contributed by atoms with van der Waals surface area (Å²) in [7, 11) is 0. The highest BCUT2D eigenvalue weighted by atomic mass is 16.5. The molecule has 1 amide bonds. The quantitative estimate of drug-likeness (QED) is 0.745. The number of ether oxygens (including phenoxy) is 1. The molecule has 23 heavy (non-hydrogen) atoms. The molecule has 0 bridgehead atoms. The summed E-state index contributed by atoms with van der Waals surface area (Å²) in [5.41, 5.74) is 3.17. The largest absolute Gasteiger partial charge is 0.445 e. The summed E-state index contributed by atoms with van der Waals surface area (Å²) in [6.07, 6.45) is 5.42. The summed E-state index contributed by atoms with van der Waals surface area (Å²) < 4.78 is 5.15. The van der Waals surface area contributed by atoms with Crippen molar-refractivity contribution in [2.45, 2.75) is 6.61 Å². The number of benzene rings is 2. The van der Waals surface area contributed by atoms with E-state index in [4.69, 9.17) is 4.74 Å². The average Bonchev–Trinajstić information content (AvgIpc) is 3.01. The SMILES string of the molecule is O=C(NCC=Cc1c[nH]c2ccccc12)OCc1ccccc1. The average molecular weight is 306 g/mol. The van der Waals surface area contributed by atoms with Crippen LogP contribution in [0.15, 0.2) is 66.9 Å². The minimum Gasteiger partial charge on any atom is -0.445 e. The zero-order valence-corrected chi connectivity index (χ0v) is 12.7. The second-order valence-corrected chi connectivity index (χ2v) is 5.13. The molecule has 1 aromatic heterocycles. The molecule has 4 nitrogen and oxygen atoms in total. The molecule has 0 saturated heterocycles. The molecule has 1 heterocycles. The van der Waals surface area contributed by atoms with Crippen LogP contribution in [0.4, 0.5) is 4.79 Å². The molecule has 4 heteroatoms. The van der Waals surface area contributed by atoms with Gasteiger partial charge in [0.25, 0.3) is 0 Å². The Hall–Kier alpha value is -3.01. The maximum absolute atomic E-state index is 11.6. The van der Waals surface area contributed by atoms with Gasteiger partial charge in [0, 0.05) is 23.6 Å². The smallest absolute Gasteiger partial charge is 0.407 e. The van der Waals surface area contributed by atoms with Crippen molar-refractivity contribution >= 4 is 23.1 Å². The second kappa shape index (κ2) is 7.31. The standard InChI is InChI=1S/C19H18N2O2/c22-19(23-14-15-7-2-1-3-8-15)20-12-6-9-16-13-21-18-11-5-4-10-17(16)18/h1-11,13,21H,12,14H2,(H,20,22). The maximum Gasteiger partial charge on any atom is 0.407 e. The van der Waals surface area contributed by atoms with Crippen molar-refractivity contribution in [3.05, 3.63) is 78.0 Å². The summed E-state index contributed by atoms with van der Waals surface area (Å²) in [5, 5.41) is 3.87. The van der Waals surface area contributed by atoms with Gasteiger partial charge in [-0.1, -0.05) is 60.7 Å². The van der Waals surface area contributed by atoms with E-state index in [1.54, 1.807) is 0 Å². The van der Waals surface area contributed by atoms with Gasteiger partial charge in [0.05, 0.1) is 0 Å². The van der Waals surface area contributed by atoms with Gasteiger partial charge in [0.15, 0.2) is 0 Å². The fourth-order valence-corrected chi connectivity index (χ4v) is 2.33. The monoisotopic (exact) mass is 306 g/mol. The third-order valence-corrected chi connectivity index (χ3v) is 3.50. The Labute approximate surface area is 134 Å². The van der Waals surface area contributed by atoms with Crippen molar-refractivity contribution in [2.24, 2.45) is 0 Å². The molecule has 0 aliphatic carbocycles. The number of fused-ring (bicyclic) bond motifs is 1. The van der Waals surface area contributed by atoms with Crippen molar-refractivity contribution < 1.29 is 9.53 Å². The third kappa shape index (κ3) is 4.01. The fraction of sp³-hybridized carbons (Fsp3) is 0.105. The molecular weight excluding hydrogens is 288 g/mol. The van der Waals surface area contributed by atoms with E-state index >= 15 is 0 Å². The molecule has 0 radical (unpaired) electrons. The maximum atomic E-state index is 11.6. The lowest BCUT2D eigenvalue weighted by molar-refractivity contribution is 0.141. The Morgan fingerprint density at radius 1 is 1.09 bits per heavy atom. The van der Waals surface area contributed by atoms with Crippen molar-refractivity contribution in [2.75, 3.05) is 6.54 Å².